The number of hydrogen-bond donors (Lipinski definition) is 0. The largest absolute Gasteiger partial charge is 0.370 e. The van der Waals surface area contributed by atoms with Gasteiger partial charge in [0.25, 0.3) is 0 Å². The molecule has 0 radical (unpaired) electrons. The monoisotopic (exact) mass is 230 g/mol. The summed E-state index contributed by atoms with van der Waals surface area (Å²) in [4.78, 5) is 0. The molecule has 0 aromatic rings. The van der Waals surface area contributed by atoms with Crippen LogP contribution < -0.4 is 0 Å². The van der Waals surface area contributed by atoms with Crippen molar-refractivity contribution in [1.82, 2.24) is 0 Å². The Labute approximate surface area is 91.4 Å². The Balaban J connectivity index is 1.84. The van der Waals surface area contributed by atoms with Gasteiger partial charge in [0, 0.05) is 5.41 Å². The van der Waals surface area contributed by atoms with Crippen molar-refractivity contribution in [2.24, 2.45) is 0 Å². The average Bonchev–Trinajstić information content (AvgIpc) is 2.41. The molecule has 0 saturated heterocycles. The Hall–Kier alpha value is -0.350. The minimum atomic E-state index is -2.96. The van der Waals surface area contributed by atoms with Gasteiger partial charge in [0.15, 0.2) is 9.84 Å². The Morgan fingerprint density at radius 3 is 2.27 bits per heavy atom. The zero-order valence-electron chi connectivity index (χ0n) is 8.89. The zero-order valence-corrected chi connectivity index (χ0v) is 9.71. The molecular formula is C11H18O3S. The third-order valence-electron chi connectivity index (χ3n) is 3.07. The number of rotatable bonds is 2. The third-order valence-corrected chi connectivity index (χ3v) is 4.43. The topological polar surface area (TPSA) is 43.4 Å². The van der Waals surface area contributed by atoms with Crippen molar-refractivity contribution >= 4 is 9.84 Å². The van der Waals surface area contributed by atoms with Crippen LogP contribution >= 0.6 is 0 Å². The van der Waals surface area contributed by atoms with E-state index < -0.39 is 9.84 Å². The fourth-order valence-corrected chi connectivity index (χ4v) is 3.43. The fourth-order valence-electron chi connectivity index (χ4n) is 2.26. The second-order valence-electron chi connectivity index (χ2n) is 4.45. The van der Waals surface area contributed by atoms with Crippen molar-refractivity contribution in [3.8, 4) is 0 Å². The fraction of sp³-hybridized carbons (Fsp3) is 0.818. The van der Waals surface area contributed by atoms with E-state index in [2.05, 4.69) is 0 Å². The second-order valence-corrected chi connectivity index (χ2v) is 6.38. The van der Waals surface area contributed by atoms with E-state index in [-0.39, 0.29) is 18.0 Å². The number of hydrogen-bond acceptors (Lipinski definition) is 3. The Bertz CT molecular complexity index is 324. The number of ether oxygens (including phenoxy) is 1. The lowest BCUT2D eigenvalue weighted by molar-refractivity contribution is 0.0169. The molecule has 0 amide bonds. The normalized spacial score (nSPS) is 31.6. The van der Waals surface area contributed by atoms with Gasteiger partial charge in [0.2, 0.25) is 0 Å². The molecule has 1 unspecified atom stereocenters. The molecule has 0 aromatic heterocycles. The molecule has 0 N–H and O–H groups in total. The van der Waals surface area contributed by atoms with Crippen molar-refractivity contribution in [2.75, 3.05) is 5.75 Å². The molecule has 1 saturated carbocycles. The highest BCUT2D eigenvalue weighted by Crippen LogP contribution is 2.23. The predicted octanol–water partition coefficient (Wildman–Crippen LogP) is 2.04. The first-order chi connectivity index (χ1) is 7.16. The maximum atomic E-state index is 11.2. The minimum Gasteiger partial charge on any atom is -0.370 e. The SMILES string of the molecule is O=S1(=O)C=CC(OC2CCCCCC2)C1. The van der Waals surface area contributed by atoms with Crippen LogP contribution in [0, 0.1) is 0 Å². The van der Waals surface area contributed by atoms with Gasteiger partial charge in [-0.3, -0.25) is 0 Å². The molecule has 1 aliphatic heterocycles. The van der Waals surface area contributed by atoms with Crippen LogP contribution in [0.15, 0.2) is 11.5 Å². The highest BCUT2D eigenvalue weighted by Gasteiger charge is 2.25. The molecule has 86 valence electrons. The quantitative estimate of drug-likeness (QED) is 0.682. The molecule has 3 nitrogen and oxygen atoms in total. The van der Waals surface area contributed by atoms with Gasteiger partial charge in [0.05, 0.1) is 18.0 Å². The molecule has 1 atom stereocenters. The van der Waals surface area contributed by atoms with Crippen LogP contribution in [0.3, 0.4) is 0 Å². The maximum absolute atomic E-state index is 11.2. The first-order valence-corrected chi connectivity index (χ1v) is 7.44. The van der Waals surface area contributed by atoms with Gasteiger partial charge in [-0.1, -0.05) is 25.7 Å². The summed E-state index contributed by atoms with van der Waals surface area (Å²) in [6.07, 6.45) is 8.95. The van der Waals surface area contributed by atoms with Gasteiger partial charge >= 0.3 is 0 Å². The summed E-state index contributed by atoms with van der Waals surface area (Å²) in [6, 6.07) is 0. The van der Waals surface area contributed by atoms with E-state index in [9.17, 15) is 8.42 Å². The minimum absolute atomic E-state index is 0.142. The van der Waals surface area contributed by atoms with Crippen LogP contribution in [0.5, 0.6) is 0 Å². The van der Waals surface area contributed by atoms with Crippen molar-refractivity contribution in [3.05, 3.63) is 11.5 Å². The predicted molar refractivity (Wildman–Crippen MR) is 59.3 cm³/mol. The first kappa shape index (κ1) is 11.1. The summed E-state index contributed by atoms with van der Waals surface area (Å²) >= 11 is 0. The molecule has 1 heterocycles. The van der Waals surface area contributed by atoms with Crippen LogP contribution in [0.25, 0.3) is 0 Å². The van der Waals surface area contributed by atoms with E-state index in [4.69, 9.17) is 4.74 Å². The van der Waals surface area contributed by atoms with Crippen LogP contribution in [0.1, 0.15) is 38.5 Å². The molecular weight excluding hydrogens is 212 g/mol. The van der Waals surface area contributed by atoms with Crippen molar-refractivity contribution in [1.29, 1.82) is 0 Å². The van der Waals surface area contributed by atoms with Crippen molar-refractivity contribution in [2.45, 2.75) is 50.7 Å². The highest BCUT2D eigenvalue weighted by molar-refractivity contribution is 7.94. The molecule has 15 heavy (non-hydrogen) atoms. The Morgan fingerprint density at radius 2 is 1.73 bits per heavy atom. The molecule has 1 fully saturated rings. The summed E-state index contributed by atoms with van der Waals surface area (Å²) in [6.45, 7) is 0. The second kappa shape index (κ2) is 4.66. The van der Waals surface area contributed by atoms with E-state index in [1.165, 1.54) is 31.1 Å². The van der Waals surface area contributed by atoms with Crippen molar-refractivity contribution in [3.63, 3.8) is 0 Å². The summed E-state index contributed by atoms with van der Waals surface area (Å²) in [7, 11) is -2.96. The smallest absolute Gasteiger partial charge is 0.174 e. The van der Waals surface area contributed by atoms with Crippen LogP contribution in [-0.2, 0) is 14.6 Å². The van der Waals surface area contributed by atoms with Gasteiger partial charge in [-0.05, 0) is 18.9 Å². The Kier molecular flexibility index (Phi) is 3.46. The van der Waals surface area contributed by atoms with Crippen LogP contribution in [0.2, 0.25) is 0 Å². The van der Waals surface area contributed by atoms with E-state index in [0.29, 0.717) is 0 Å². The lowest BCUT2D eigenvalue weighted by atomic mass is 10.1. The summed E-state index contributed by atoms with van der Waals surface area (Å²) in [5.41, 5.74) is 0. The first-order valence-electron chi connectivity index (χ1n) is 5.72. The highest BCUT2D eigenvalue weighted by atomic mass is 32.2. The van der Waals surface area contributed by atoms with Gasteiger partial charge in [-0.15, -0.1) is 0 Å². The number of sulfone groups is 1. The molecule has 1 aliphatic carbocycles. The molecule has 0 bridgehead atoms. The molecule has 4 heteroatoms. The molecule has 0 spiro atoms. The summed E-state index contributed by atoms with van der Waals surface area (Å²) in [5, 5.41) is 1.29. The van der Waals surface area contributed by atoms with E-state index in [0.717, 1.165) is 12.8 Å². The summed E-state index contributed by atoms with van der Waals surface area (Å²) in [5.74, 6) is 0.142. The summed E-state index contributed by atoms with van der Waals surface area (Å²) < 4.78 is 28.2. The lowest BCUT2D eigenvalue weighted by Gasteiger charge is -2.18. The third kappa shape index (κ3) is 3.31. The standard InChI is InChI=1S/C11H18O3S/c12-15(13)8-7-11(9-15)14-10-5-3-1-2-4-6-10/h7-8,10-11H,1-6,9H2. The van der Waals surface area contributed by atoms with Gasteiger partial charge < -0.3 is 4.74 Å². The van der Waals surface area contributed by atoms with E-state index in [1.807, 2.05) is 0 Å². The Morgan fingerprint density at radius 1 is 1.07 bits per heavy atom. The zero-order chi connectivity index (χ0) is 10.7. The van der Waals surface area contributed by atoms with E-state index >= 15 is 0 Å². The molecule has 2 rings (SSSR count). The lowest BCUT2D eigenvalue weighted by Crippen LogP contribution is -2.23. The maximum Gasteiger partial charge on any atom is 0.174 e. The molecule has 0 aromatic carbocycles. The van der Waals surface area contributed by atoms with Crippen LogP contribution in [0.4, 0.5) is 0 Å². The molecule has 2 aliphatic rings. The van der Waals surface area contributed by atoms with Gasteiger partial charge in [-0.25, -0.2) is 8.42 Å². The average molecular weight is 230 g/mol. The van der Waals surface area contributed by atoms with E-state index in [1.54, 1.807) is 6.08 Å². The van der Waals surface area contributed by atoms with Crippen LogP contribution in [-0.4, -0.2) is 26.4 Å². The van der Waals surface area contributed by atoms with Gasteiger partial charge in [-0.2, -0.15) is 0 Å². The van der Waals surface area contributed by atoms with Gasteiger partial charge in [0.1, 0.15) is 0 Å². The van der Waals surface area contributed by atoms with Crippen molar-refractivity contribution < 1.29 is 13.2 Å².